The van der Waals surface area contributed by atoms with Crippen LogP contribution < -0.4 is 9.80 Å². The fourth-order valence-corrected chi connectivity index (χ4v) is 5.08. The Kier molecular flexibility index (Phi) is 6.94. The third kappa shape index (κ3) is 4.93. The number of anilines is 2. The van der Waals surface area contributed by atoms with Crippen LogP contribution >= 0.6 is 11.6 Å². The van der Waals surface area contributed by atoms with Crippen molar-refractivity contribution in [3.8, 4) is 0 Å². The van der Waals surface area contributed by atoms with Crippen LogP contribution in [0.25, 0.3) is 0 Å². The van der Waals surface area contributed by atoms with Crippen molar-refractivity contribution < 1.29 is 9.13 Å². The number of morpholine rings is 1. The summed E-state index contributed by atoms with van der Waals surface area (Å²) in [5.74, 6) is 0.409. The minimum Gasteiger partial charge on any atom is -0.368 e. The number of hydrogen-bond donors (Lipinski definition) is 0. The SMILES string of the molecule is CN1CCN(C2OC(N3CCN(c4ccccc4Cl)CC3)CN(c3ncccn3)C2F)CC1. The number of alkyl halides is 1. The normalized spacial score (nSPS) is 28.3. The van der Waals surface area contributed by atoms with Crippen LogP contribution in [0.3, 0.4) is 0 Å². The van der Waals surface area contributed by atoms with Crippen LogP contribution in [0.4, 0.5) is 16.0 Å². The molecule has 3 atom stereocenters. The molecule has 2 aromatic rings. The summed E-state index contributed by atoms with van der Waals surface area (Å²) in [5.41, 5.74) is 1.06. The Morgan fingerprint density at radius 1 is 0.909 bits per heavy atom. The third-order valence-electron chi connectivity index (χ3n) is 6.80. The van der Waals surface area contributed by atoms with Gasteiger partial charge in [0.1, 0.15) is 6.23 Å². The highest BCUT2D eigenvalue weighted by Crippen LogP contribution is 2.30. The first-order chi connectivity index (χ1) is 16.1. The van der Waals surface area contributed by atoms with Gasteiger partial charge in [-0.15, -0.1) is 0 Å². The topological polar surface area (TPSA) is 51.2 Å². The first kappa shape index (κ1) is 22.7. The molecule has 0 saturated carbocycles. The maximum atomic E-state index is 15.8. The molecule has 0 N–H and O–H groups in total. The fourth-order valence-electron chi connectivity index (χ4n) is 4.82. The number of rotatable bonds is 4. The van der Waals surface area contributed by atoms with E-state index in [1.54, 1.807) is 23.4 Å². The van der Waals surface area contributed by atoms with Gasteiger partial charge in [0.05, 0.1) is 17.3 Å². The molecule has 5 rings (SSSR count). The number of likely N-dealkylation sites (N-methyl/N-ethyl adjacent to an activating group) is 1. The molecule has 178 valence electrons. The lowest BCUT2D eigenvalue weighted by Gasteiger charge is -2.50. The van der Waals surface area contributed by atoms with Crippen LogP contribution in [0.5, 0.6) is 0 Å². The maximum absolute atomic E-state index is 15.8. The minimum absolute atomic E-state index is 0.237. The number of piperazine rings is 2. The summed E-state index contributed by atoms with van der Waals surface area (Å²) in [6.45, 7) is 7.04. The molecule has 1 aromatic heterocycles. The molecule has 0 aliphatic carbocycles. The van der Waals surface area contributed by atoms with Crippen molar-refractivity contribution in [3.63, 3.8) is 0 Å². The van der Waals surface area contributed by atoms with Gasteiger partial charge in [-0.2, -0.15) is 0 Å². The molecule has 0 spiro atoms. The van der Waals surface area contributed by atoms with Crippen LogP contribution in [0.15, 0.2) is 42.7 Å². The molecular formula is C23H31ClFN7O. The molecule has 0 bridgehead atoms. The Morgan fingerprint density at radius 2 is 1.58 bits per heavy atom. The second kappa shape index (κ2) is 10.1. The van der Waals surface area contributed by atoms with E-state index >= 15 is 4.39 Å². The van der Waals surface area contributed by atoms with Crippen LogP contribution in [-0.2, 0) is 4.74 Å². The van der Waals surface area contributed by atoms with E-state index in [0.29, 0.717) is 12.5 Å². The number of aromatic nitrogens is 2. The van der Waals surface area contributed by atoms with Gasteiger partial charge >= 0.3 is 0 Å². The van der Waals surface area contributed by atoms with Crippen molar-refractivity contribution in [2.75, 3.05) is 75.8 Å². The highest BCUT2D eigenvalue weighted by atomic mass is 35.5. The van der Waals surface area contributed by atoms with Gasteiger partial charge in [-0.25, -0.2) is 14.4 Å². The van der Waals surface area contributed by atoms with Crippen molar-refractivity contribution in [3.05, 3.63) is 47.7 Å². The lowest BCUT2D eigenvalue weighted by Crippen LogP contribution is -2.66. The van der Waals surface area contributed by atoms with E-state index in [2.05, 4.69) is 42.7 Å². The van der Waals surface area contributed by atoms with Crippen molar-refractivity contribution in [2.24, 2.45) is 0 Å². The van der Waals surface area contributed by atoms with Crippen LogP contribution in [-0.4, -0.2) is 109 Å². The predicted molar refractivity (Wildman–Crippen MR) is 127 cm³/mol. The van der Waals surface area contributed by atoms with Gasteiger partial charge in [-0.3, -0.25) is 9.80 Å². The summed E-state index contributed by atoms with van der Waals surface area (Å²) in [7, 11) is 2.09. The van der Waals surface area contributed by atoms with E-state index in [0.717, 1.165) is 63.1 Å². The molecule has 10 heteroatoms. The molecular weight excluding hydrogens is 445 g/mol. The molecule has 33 heavy (non-hydrogen) atoms. The largest absolute Gasteiger partial charge is 0.368 e. The second-order valence-electron chi connectivity index (χ2n) is 8.87. The van der Waals surface area contributed by atoms with Gasteiger partial charge in [-0.1, -0.05) is 23.7 Å². The Balaban J connectivity index is 1.32. The monoisotopic (exact) mass is 475 g/mol. The van der Waals surface area contributed by atoms with Gasteiger partial charge in [0.2, 0.25) is 12.2 Å². The number of hydrogen-bond acceptors (Lipinski definition) is 8. The van der Waals surface area contributed by atoms with Crippen molar-refractivity contribution >= 4 is 23.2 Å². The summed E-state index contributed by atoms with van der Waals surface area (Å²) in [5, 5.41) is 0.766. The van der Waals surface area contributed by atoms with Gasteiger partial charge in [0, 0.05) is 64.8 Å². The van der Waals surface area contributed by atoms with Gasteiger partial charge in [0.15, 0.2) is 6.23 Å². The number of para-hydroxylation sites is 1. The highest BCUT2D eigenvalue weighted by molar-refractivity contribution is 6.33. The summed E-state index contributed by atoms with van der Waals surface area (Å²) in [6, 6.07) is 9.69. The van der Waals surface area contributed by atoms with Crippen LogP contribution in [0.2, 0.25) is 5.02 Å². The lowest BCUT2D eigenvalue weighted by molar-refractivity contribution is -0.203. The first-order valence-corrected chi connectivity index (χ1v) is 12.0. The molecule has 3 fully saturated rings. The van der Waals surface area contributed by atoms with E-state index in [9.17, 15) is 0 Å². The van der Waals surface area contributed by atoms with Gasteiger partial charge in [0.25, 0.3) is 0 Å². The molecule has 4 heterocycles. The zero-order valence-electron chi connectivity index (χ0n) is 18.9. The van der Waals surface area contributed by atoms with Crippen molar-refractivity contribution in [1.29, 1.82) is 0 Å². The van der Waals surface area contributed by atoms with Gasteiger partial charge < -0.3 is 19.4 Å². The van der Waals surface area contributed by atoms with Gasteiger partial charge in [-0.05, 0) is 25.2 Å². The molecule has 3 aliphatic heterocycles. The molecule has 3 saturated heterocycles. The number of nitrogens with zero attached hydrogens (tertiary/aromatic N) is 7. The summed E-state index contributed by atoms with van der Waals surface area (Å²) < 4.78 is 22.2. The zero-order valence-corrected chi connectivity index (χ0v) is 19.7. The molecule has 1 aromatic carbocycles. The third-order valence-corrected chi connectivity index (χ3v) is 7.12. The van der Waals surface area contributed by atoms with E-state index in [-0.39, 0.29) is 6.23 Å². The molecule has 3 unspecified atom stereocenters. The highest BCUT2D eigenvalue weighted by Gasteiger charge is 2.44. The van der Waals surface area contributed by atoms with E-state index in [4.69, 9.17) is 16.3 Å². The Bertz CT molecular complexity index is 909. The molecule has 8 nitrogen and oxygen atoms in total. The molecule has 3 aliphatic rings. The maximum Gasteiger partial charge on any atom is 0.227 e. The summed E-state index contributed by atoms with van der Waals surface area (Å²) >= 11 is 6.41. The van der Waals surface area contributed by atoms with E-state index < -0.39 is 12.5 Å². The average molecular weight is 476 g/mol. The fraction of sp³-hybridized carbons (Fsp3) is 0.565. The first-order valence-electron chi connectivity index (χ1n) is 11.6. The van der Waals surface area contributed by atoms with Crippen LogP contribution in [0.1, 0.15) is 0 Å². The summed E-state index contributed by atoms with van der Waals surface area (Å²) in [6.07, 6.45) is 1.11. The summed E-state index contributed by atoms with van der Waals surface area (Å²) in [4.78, 5) is 19.3. The molecule has 0 amide bonds. The smallest absolute Gasteiger partial charge is 0.227 e. The predicted octanol–water partition coefficient (Wildman–Crippen LogP) is 1.98. The number of halogens is 2. The van der Waals surface area contributed by atoms with E-state index in [1.807, 2.05) is 18.2 Å². The second-order valence-corrected chi connectivity index (χ2v) is 9.28. The zero-order chi connectivity index (χ0) is 22.8. The Morgan fingerprint density at radius 3 is 2.27 bits per heavy atom. The standard InChI is InChI=1S/C23H31ClFN7O/c1-28-9-11-31(12-10-28)22-21(25)32(23-26-7-4-8-27-23)17-20(33-22)30-15-13-29(14-16-30)19-6-3-2-5-18(19)24/h2-8,20-22H,9-17H2,1H3. The average Bonchev–Trinajstić information content (AvgIpc) is 2.86. The van der Waals surface area contributed by atoms with E-state index in [1.165, 1.54) is 0 Å². The quantitative estimate of drug-likeness (QED) is 0.622. The number of benzene rings is 1. The van der Waals surface area contributed by atoms with Crippen molar-refractivity contribution in [2.45, 2.75) is 18.8 Å². The molecule has 0 radical (unpaired) electrons. The Labute approximate surface area is 199 Å². The van der Waals surface area contributed by atoms with Crippen LogP contribution in [0, 0.1) is 0 Å². The Hall–Kier alpha value is -2.04. The lowest BCUT2D eigenvalue weighted by atomic mass is 10.2. The number of ether oxygens (including phenoxy) is 1. The van der Waals surface area contributed by atoms with Crippen molar-refractivity contribution in [1.82, 2.24) is 24.7 Å². The minimum atomic E-state index is -1.32.